The molecule has 0 aliphatic heterocycles. The summed E-state index contributed by atoms with van der Waals surface area (Å²) in [5.41, 5.74) is 7.38. The smallest absolute Gasteiger partial charge is 0.250 e. The van der Waals surface area contributed by atoms with Gasteiger partial charge in [-0.2, -0.15) is 5.10 Å². The lowest BCUT2D eigenvalue weighted by atomic mass is 10.3. The van der Waals surface area contributed by atoms with Gasteiger partial charge in [-0.3, -0.25) is 4.79 Å². The number of benzene rings is 1. The monoisotopic (exact) mass is 379 g/mol. The molecule has 3 rings (SSSR count). The quantitative estimate of drug-likeness (QED) is 0.308. The maximum absolute atomic E-state index is 12.0. The number of hydrogen-bond donors (Lipinski definition) is 1. The van der Waals surface area contributed by atoms with Crippen LogP contribution in [-0.2, 0) is 4.79 Å². The topological polar surface area (TPSA) is 72.2 Å². The number of carbonyl (C=O) groups is 1. The van der Waals surface area contributed by atoms with Crippen LogP contribution in [0.1, 0.15) is 22.8 Å². The second kappa shape index (κ2) is 8.64. The van der Waals surface area contributed by atoms with E-state index in [0.717, 1.165) is 28.5 Å². The molecule has 138 valence electrons. The van der Waals surface area contributed by atoms with Crippen molar-refractivity contribution in [3.63, 3.8) is 0 Å². The molecule has 0 bridgehead atoms. The molecule has 6 nitrogen and oxygen atoms in total. The Morgan fingerprint density at radius 1 is 1.11 bits per heavy atom. The SMILES string of the molecule is Cc1cc(C)nc(SCC(=O)N/N=C/c2ccc(C)n2-c2ccccc2)n1. The molecule has 0 radical (unpaired) electrons. The van der Waals surface area contributed by atoms with Crippen molar-refractivity contribution in [2.24, 2.45) is 5.10 Å². The fourth-order valence-electron chi connectivity index (χ4n) is 2.68. The van der Waals surface area contributed by atoms with Crippen molar-refractivity contribution in [2.45, 2.75) is 25.9 Å². The number of amides is 1. The fourth-order valence-corrected chi connectivity index (χ4v) is 3.42. The molecule has 2 heterocycles. The van der Waals surface area contributed by atoms with Gasteiger partial charge in [0.15, 0.2) is 5.16 Å². The van der Waals surface area contributed by atoms with E-state index in [2.05, 4.69) is 25.1 Å². The van der Waals surface area contributed by atoms with Gasteiger partial charge < -0.3 is 4.57 Å². The highest BCUT2D eigenvalue weighted by molar-refractivity contribution is 7.99. The van der Waals surface area contributed by atoms with Crippen LogP contribution in [0.5, 0.6) is 0 Å². The third-order valence-electron chi connectivity index (χ3n) is 3.80. The Bertz CT molecular complexity index is 946. The molecule has 0 saturated carbocycles. The predicted octanol–water partition coefficient (Wildman–Crippen LogP) is 3.43. The Kier molecular flexibility index (Phi) is 6.03. The first-order valence-corrected chi connectivity index (χ1v) is 9.52. The van der Waals surface area contributed by atoms with Crippen LogP contribution >= 0.6 is 11.8 Å². The summed E-state index contributed by atoms with van der Waals surface area (Å²) < 4.78 is 2.08. The van der Waals surface area contributed by atoms with Crippen LogP contribution in [0, 0.1) is 20.8 Å². The Balaban J connectivity index is 1.60. The Morgan fingerprint density at radius 3 is 2.52 bits per heavy atom. The first-order valence-electron chi connectivity index (χ1n) is 8.53. The van der Waals surface area contributed by atoms with Crippen LogP contribution in [0.25, 0.3) is 5.69 Å². The van der Waals surface area contributed by atoms with Crippen molar-refractivity contribution in [3.05, 3.63) is 71.3 Å². The highest BCUT2D eigenvalue weighted by atomic mass is 32.2. The van der Waals surface area contributed by atoms with E-state index in [1.165, 1.54) is 11.8 Å². The number of hydrogen-bond acceptors (Lipinski definition) is 5. The minimum Gasteiger partial charge on any atom is -0.313 e. The molecule has 1 aromatic carbocycles. The number of nitrogens with one attached hydrogen (secondary N) is 1. The number of para-hydroxylation sites is 1. The number of nitrogens with zero attached hydrogens (tertiary/aromatic N) is 4. The Labute approximate surface area is 162 Å². The van der Waals surface area contributed by atoms with Gasteiger partial charge in [0, 0.05) is 22.8 Å². The Hall–Kier alpha value is -2.93. The minimum absolute atomic E-state index is 0.200. The van der Waals surface area contributed by atoms with E-state index in [9.17, 15) is 4.79 Å². The maximum Gasteiger partial charge on any atom is 0.250 e. The highest BCUT2D eigenvalue weighted by Crippen LogP contribution is 2.15. The van der Waals surface area contributed by atoms with Gasteiger partial charge in [0.2, 0.25) is 0 Å². The number of carbonyl (C=O) groups excluding carboxylic acids is 1. The van der Waals surface area contributed by atoms with Crippen molar-refractivity contribution in [1.82, 2.24) is 20.0 Å². The average molecular weight is 379 g/mol. The minimum atomic E-state index is -0.200. The van der Waals surface area contributed by atoms with E-state index in [4.69, 9.17) is 0 Å². The van der Waals surface area contributed by atoms with Gasteiger partial charge in [0.1, 0.15) is 0 Å². The molecular weight excluding hydrogens is 358 g/mol. The molecule has 7 heteroatoms. The van der Waals surface area contributed by atoms with E-state index in [-0.39, 0.29) is 11.7 Å². The number of hydrazone groups is 1. The molecule has 0 spiro atoms. The van der Waals surface area contributed by atoms with Gasteiger partial charge in [-0.05, 0) is 51.1 Å². The van der Waals surface area contributed by atoms with E-state index in [1.807, 2.05) is 69.3 Å². The van der Waals surface area contributed by atoms with E-state index >= 15 is 0 Å². The summed E-state index contributed by atoms with van der Waals surface area (Å²) in [4.78, 5) is 20.7. The molecule has 0 unspecified atom stereocenters. The predicted molar refractivity (Wildman–Crippen MR) is 108 cm³/mol. The van der Waals surface area contributed by atoms with Crippen LogP contribution in [0.15, 0.2) is 58.8 Å². The normalized spacial score (nSPS) is 11.1. The third kappa shape index (κ3) is 5.04. The lowest BCUT2D eigenvalue weighted by Crippen LogP contribution is -2.20. The van der Waals surface area contributed by atoms with Gasteiger partial charge in [-0.15, -0.1) is 0 Å². The van der Waals surface area contributed by atoms with Crippen molar-refractivity contribution < 1.29 is 4.79 Å². The van der Waals surface area contributed by atoms with Crippen molar-refractivity contribution in [3.8, 4) is 5.69 Å². The van der Waals surface area contributed by atoms with E-state index in [1.54, 1.807) is 6.21 Å². The molecular formula is C20H21N5OS. The summed E-state index contributed by atoms with van der Waals surface area (Å²) in [6.45, 7) is 5.85. The zero-order valence-corrected chi connectivity index (χ0v) is 16.3. The molecule has 1 N–H and O–H groups in total. The molecule has 27 heavy (non-hydrogen) atoms. The third-order valence-corrected chi connectivity index (χ3v) is 4.65. The van der Waals surface area contributed by atoms with Crippen molar-refractivity contribution in [1.29, 1.82) is 0 Å². The molecule has 3 aromatic rings. The number of aromatic nitrogens is 3. The second-order valence-electron chi connectivity index (χ2n) is 6.09. The van der Waals surface area contributed by atoms with Gasteiger partial charge >= 0.3 is 0 Å². The molecule has 0 atom stereocenters. The largest absolute Gasteiger partial charge is 0.313 e. The molecule has 0 aliphatic rings. The first kappa shape index (κ1) is 18.8. The molecule has 0 saturated heterocycles. The average Bonchev–Trinajstić information content (AvgIpc) is 3.00. The zero-order chi connectivity index (χ0) is 19.2. The van der Waals surface area contributed by atoms with Gasteiger partial charge in [-0.1, -0.05) is 30.0 Å². The number of thioether (sulfide) groups is 1. The zero-order valence-electron chi connectivity index (χ0n) is 15.5. The molecule has 0 fully saturated rings. The summed E-state index contributed by atoms with van der Waals surface area (Å²) >= 11 is 1.29. The lowest BCUT2D eigenvalue weighted by Gasteiger charge is -2.08. The molecule has 2 aromatic heterocycles. The second-order valence-corrected chi connectivity index (χ2v) is 7.03. The van der Waals surface area contributed by atoms with Gasteiger partial charge in [0.25, 0.3) is 5.91 Å². The lowest BCUT2D eigenvalue weighted by molar-refractivity contribution is -0.118. The standard InChI is InChI=1S/C20H21N5OS/c1-14-11-15(2)23-20(22-14)27-13-19(26)24-21-12-18-10-9-16(3)25(18)17-7-5-4-6-8-17/h4-12H,13H2,1-3H3,(H,24,26)/b21-12+. The number of rotatable bonds is 6. The van der Waals surface area contributed by atoms with Crippen molar-refractivity contribution in [2.75, 3.05) is 5.75 Å². The summed E-state index contributed by atoms with van der Waals surface area (Å²) in [6, 6.07) is 15.9. The highest BCUT2D eigenvalue weighted by Gasteiger charge is 2.07. The van der Waals surface area contributed by atoms with Crippen LogP contribution in [0.2, 0.25) is 0 Å². The first-order chi connectivity index (χ1) is 13.0. The van der Waals surface area contributed by atoms with Crippen LogP contribution in [0.4, 0.5) is 0 Å². The van der Waals surface area contributed by atoms with Crippen LogP contribution < -0.4 is 5.43 Å². The van der Waals surface area contributed by atoms with Gasteiger partial charge in [0.05, 0.1) is 17.7 Å². The van der Waals surface area contributed by atoms with Gasteiger partial charge in [-0.25, -0.2) is 15.4 Å². The Morgan fingerprint density at radius 2 is 1.81 bits per heavy atom. The fraction of sp³-hybridized carbons (Fsp3) is 0.200. The van der Waals surface area contributed by atoms with E-state index < -0.39 is 0 Å². The maximum atomic E-state index is 12.0. The van der Waals surface area contributed by atoms with Crippen LogP contribution in [-0.4, -0.2) is 32.4 Å². The molecule has 1 amide bonds. The summed E-state index contributed by atoms with van der Waals surface area (Å²) in [5.74, 6) is 0.00688. The summed E-state index contributed by atoms with van der Waals surface area (Å²) in [5, 5.41) is 4.69. The van der Waals surface area contributed by atoms with Crippen molar-refractivity contribution >= 4 is 23.9 Å². The summed E-state index contributed by atoms with van der Waals surface area (Å²) in [6.07, 6.45) is 1.65. The van der Waals surface area contributed by atoms with E-state index in [0.29, 0.717) is 5.16 Å². The molecule has 0 aliphatic carbocycles. The summed E-state index contributed by atoms with van der Waals surface area (Å²) in [7, 11) is 0. The van der Waals surface area contributed by atoms with Crippen LogP contribution in [0.3, 0.4) is 0 Å². The number of aryl methyl sites for hydroxylation is 3.